The second-order valence-electron chi connectivity index (χ2n) is 11.2. The van der Waals surface area contributed by atoms with Gasteiger partial charge in [0, 0.05) is 29.4 Å². The number of fused-ring (bicyclic) bond motifs is 6. The molecule has 2 heterocycles. The van der Waals surface area contributed by atoms with Gasteiger partial charge in [0.2, 0.25) is 0 Å². The lowest BCUT2D eigenvalue weighted by Crippen LogP contribution is -2.54. The van der Waals surface area contributed by atoms with E-state index in [-0.39, 0.29) is 57.5 Å². The molecule has 7 nitrogen and oxygen atoms in total. The number of amides is 1. The molecule has 2 bridgehead atoms. The number of aliphatic hydroxyl groups is 1. The maximum absolute atomic E-state index is 13.9. The van der Waals surface area contributed by atoms with Crippen LogP contribution >= 0.6 is 10.7 Å². The summed E-state index contributed by atoms with van der Waals surface area (Å²) < 4.78 is 21.8. The normalized spacial score (nSPS) is 32.9. The molecule has 2 fully saturated rings. The number of nitrogens with one attached hydrogen (secondary N) is 2. The Hall–Kier alpha value is -2.52. The predicted octanol–water partition coefficient (Wildman–Crippen LogP) is 4.97. The smallest absolute Gasteiger partial charge is 0.261 e. The monoisotopic (exact) mass is 540 g/mol. The van der Waals surface area contributed by atoms with Gasteiger partial charge < -0.3 is 20.0 Å². The first kappa shape index (κ1) is 24.8. The number of amidine groups is 1. The van der Waals surface area contributed by atoms with Crippen LogP contribution in [0.5, 0.6) is 0 Å². The van der Waals surface area contributed by atoms with Crippen molar-refractivity contribution in [2.24, 2.45) is 28.1 Å². The number of hydrogen-bond donors (Lipinski definition) is 3. The zero-order valence-electron chi connectivity index (χ0n) is 21.6. The second-order valence-corrected chi connectivity index (χ2v) is 15.2. The highest BCUT2D eigenvalue weighted by atomic mass is 32.2. The topological polar surface area (TPSA) is 94.0 Å². The minimum atomic E-state index is -3.08. The Labute approximate surface area is 222 Å². The van der Waals surface area contributed by atoms with E-state index < -0.39 is 9.71 Å². The Kier molecular flexibility index (Phi) is 6.06. The molecule has 198 valence electrons. The largest absolute Gasteiger partial charge is 0.511 e. The summed E-state index contributed by atoms with van der Waals surface area (Å²) in [6.07, 6.45) is 8.65. The number of carbonyl (C=O) groups is 1. The van der Waals surface area contributed by atoms with E-state index in [0.29, 0.717) is 28.3 Å². The van der Waals surface area contributed by atoms with Gasteiger partial charge in [-0.05, 0) is 79.8 Å². The Morgan fingerprint density at radius 1 is 1.32 bits per heavy atom. The van der Waals surface area contributed by atoms with E-state index in [1.54, 1.807) is 0 Å². The summed E-state index contributed by atoms with van der Waals surface area (Å²) in [5, 5.41) is 17.6. The van der Waals surface area contributed by atoms with Crippen LogP contribution in [-0.4, -0.2) is 55.0 Å². The third kappa shape index (κ3) is 4.24. The number of carbonyl (C=O) groups excluding carboxylic acids is 1. The lowest BCUT2D eigenvalue weighted by Gasteiger charge is -2.43. The first-order chi connectivity index (χ1) is 17.7. The van der Waals surface area contributed by atoms with E-state index in [0.717, 1.165) is 18.5 Å². The van der Waals surface area contributed by atoms with Crippen molar-refractivity contribution in [2.75, 3.05) is 16.6 Å². The number of allylic oxidation sites excluding steroid dienone is 1. The van der Waals surface area contributed by atoms with Crippen molar-refractivity contribution in [1.82, 2.24) is 4.90 Å². The van der Waals surface area contributed by atoms with Crippen molar-refractivity contribution in [3.63, 3.8) is 0 Å². The number of hydrogen-bond acceptors (Lipinski definition) is 5. The highest BCUT2D eigenvalue weighted by Crippen LogP contribution is 2.52. The van der Waals surface area contributed by atoms with E-state index in [4.69, 9.17) is 0 Å². The van der Waals surface area contributed by atoms with Gasteiger partial charge in [-0.3, -0.25) is 4.79 Å². The molecule has 1 aromatic carbocycles. The Morgan fingerprint density at radius 2 is 2.08 bits per heavy atom. The molecule has 1 amide bonds. The molecule has 2 aliphatic heterocycles. The van der Waals surface area contributed by atoms with Crippen LogP contribution in [0.15, 0.2) is 51.0 Å². The second kappa shape index (κ2) is 9.05. The number of nitrogens with zero attached hydrogens (tertiary/aromatic N) is 2. The minimum absolute atomic E-state index is 0.0229. The Balaban J connectivity index is 1.36. The van der Waals surface area contributed by atoms with Gasteiger partial charge in [0.15, 0.2) is 5.84 Å². The summed E-state index contributed by atoms with van der Waals surface area (Å²) in [7, 11) is -3.11. The third-order valence-electron chi connectivity index (χ3n) is 8.20. The molecule has 3 N–H and O–H groups in total. The van der Waals surface area contributed by atoms with Crippen molar-refractivity contribution in [2.45, 2.75) is 62.6 Å². The van der Waals surface area contributed by atoms with Crippen LogP contribution in [-0.2, 0) is 14.5 Å². The molecule has 2 saturated carbocycles. The molecule has 3 aliphatic carbocycles. The summed E-state index contributed by atoms with van der Waals surface area (Å²) in [4.78, 5) is 16.4. The van der Waals surface area contributed by atoms with Gasteiger partial charge in [-0.2, -0.15) is 4.40 Å². The summed E-state index contributed by atoms with van der Waals surface area (Å²) in [6.45, 7) is 6.99. The van der Waals surface area contributed by atoms with Gasteiger partial charge in [0.05, 0.1) is 20.3 Å². The van der Waals surface area contributed by atoms with Crippen molar-refractivity contribution < 1.29 is 14.1 Å². The number of benzene rings is 1. The molecule has 0 saturated heterocycles. The van der Waals surface area contributed by atoms with Crippen LogP contribution in [0.1, 0.15) is 46.5 Å². The maximum Gasteiger partial charge on any atom is 0.261 e. The van der Waals surface area contributed by atoms with Gasteiger partial charge in [-0.15, -0.1) is 0 Å². The van der Waals surface area contributed by atoms with Crippen LogP contribution in [0, 0.1) is 23.7 Å². The molecular formula is C28H36N4O3S2. The molecule has 6 atom stereocenters. The molecule has 0 aromatic heterocycles. The molecule has 6 unspecified atom stereocenters. The number of rotatable bonds is 7. The molecule has 5 aliphatic rings. The summed E-state index contributed by atoms with van der Waals surface area (Å²) in [5.74, 6) is 4.72. The van der Waals surface area contributed by atoms with E-state index in [1.165, 1.54) is 12.8 Å². The summed E-state index contributed by atoms with van der Waals surface area (Å²) >= 11 is 0. The first-order valence-electron chi connectivity index (χ1n) is 13.3. The van der Waals surface area contributed by atoms with E-state index in [9.17, 15) is 14.1 Å². The van der Waals surface area contributed by atoms with Crippen molar-refractivity contribution >= 4 is 54.7 Å². The van der Waals surface area contributed by atoms with Gasteiger partial charge in [-0.25, -0.2) is 4.21 Å². The number of aliphatic hydroxyl groups excluding tert-OH is 1. The summed E-state index contributed by atoms with van der Waals surface area (Å²) in [6, 6.07) is 5.65. The molecule has 9 heteroatoms. The SMILES string of the molecule is C=S1(=O)N=C(C2=C(O)C3C4C=CC(C4)C3N(CCC(C)C)C2=O)Nc2ccc(N/S(=C\C)C3CC3)cc21. The molecule has 0 spiro atoms. The quantitative estimate of drug-likeness (QED) is 0.335. The molecular weight excluding hydrogens is 504 g/mol. The lowest BCUT2D eigenvalue weighted by molar-refractivity contribution is -0.132. The Bertz CT molecular complexity index is 1390. The van der Waals surface area contributed by atoms with Gasteiger partial charge in [-0.1, -0.05) is 36.7 Å². The van der Waals surface area contributed by atoms with Crippen molar-refractivity contribution in [3.05, 3.63) is 41.7 Å². The highest BCUT2D eigenvalue weighted by Gasteiger charge is 2.55. The van der Waals surface area contributed by atoms with E-state index in [1.807, 2.05) is 23.1 Å². The van der Waals surface area contributed by atoms with Gasteiger partial charge in [0.1, 0.15) is 11.3 Å². The minimum Gasteiger partial charge on any atom is -0.511 e. The fraction of sp³-hybridized carbons (Fsp3) is 0.500. The fourth-order valence-electron chi connectivity index (χ4n) is 6.21. The van der Waals surface area contributed by atoms with Crippen molar-refractivity contribution in [3.8, 4) is 0 Å². The Morgan fingerprint density at radius 3 is 2.78 bits per heavy atom. The van der Waals surface area contributed by atoms with Crippen LogP contribution < -0.4 is 10.0 Å². The molecule has 6 rings (SSSR count). The van der Waals surface area contributed by atoms with E-state index >= 15 is 0 Å². The third-order valence-corrected chi connectivity index (χ3v) is 11.9. The zero-order chi connectivity index (χ0) is 26.1. The number of anilines is 2. The van der Waals surface area contributed by atoms with Crippen LogP contribution in [0.25, 0.3) is 0 Å². The van der Waals surface area contributed by atoms with Gasteiger partial charge in [0.25, 0.3) is 5.91 Å². The lowest BCUT2D eigenvalue weighted by atomic mass is 9.80. The van der Waals surface area contributed by atoms with Crippen LogP contribution in [0.3, 0.4) is 0 Å². The van der Waals surface area contributed by atoms with Crippen LogP contribution in [0.2, 0.25) is 0 Å². The average Bonchev–Trinajstić information content (AvgIpc) is 3.48. The average molecular weight is 541 g/mol. The highest BCUT2D eigenvalue weighted by molar-refractivity contribution is 8.16. The molecule has 1 aromatic rings. The standard InChI is InChI=1S/C28H36N4O3S2/c1-5-36(20-9-10-20)30-19-8-11-21-22(15-19)37(4,35)31-27(29-21)24-26(33)23-17-6-7-18(14-17)25(23)32(28(24)34)13-12-16(2)3/h5-8,11,15-18,20,23,25,30,33H,4,9-10,12-14H2,1-3H3,(H,29,31,35). The summed E-state index contributed by atoms with van der Waals surface area (Å²) in [5.41, 5.74) is 1.64. The zero-order valence-corrected chi connectivity index (χ0v) is 23.3. The first-order valence-corrected chi connectivity index (χ1v) is 16.3. The van der Waals surface area contributed by atoms with E-state index in [2.05, 4.69) is 58.6 Å². The molecule has 37 heavy (non-hydrogen) atoms. The van der Waals surface area contributed by atoms with Gasteiger partial charge >= 0.3 is 0 Å². The maximum atomic E-state index is 13.9. The predicted molar refractivity (Wildman–Crippen MR) is 156 cm³/mol. The van der Waals surface area contributed by atoms with Crippen LogP contribution in [0.4, 0.5) is 11.4 Å². The van der Waals surface area contributed by atoms with Crippen molar-refractivity contribution in [1.29, 1.82) is 0 Å². The fourth-order valence-corrected chi connectivity index (χ4v) is 9.23. The molecule has 0 radical (unpaired) electrons.